The van der Waals surface area contributed by atoms with Crippen LogP contribution in [0.2, 0.25) is 25.7 Å². The smallest absolute Gasteiger partial charge is 0.0849 e. The normalized spacial score (nSPS) is 11.9. The molecular weight excluding hydrogens is 200 g/mol. The summed E-state index contributed by atoms with van der Waals surface area (Å²) in [5, 5.41) is 0. The Kier molecular flexibility index (Phi) is 4.63. The van der Waals surface area contributed by atoms with Crippen molar-refractivity contribution in [3.63, 3.8) is 0 Å². The van der Waals surface area contributed by atoms with Gasteiger partial charge in [-0.2, -0.15) is 0 Å². The van der Waals surface area contributed by atoms with Gasteiger partial charge in [-0.3, -0.25) is 0 Å². The number of hydrogen-bond donors (Lipinski definition) is 0. The summed E-state index contributed by atoms with van der Waals surface area (Å²) in [6.07, 6.45) is 3.81. The van der Waals surface area contributed by atoms with E-state index < -0.39 is 8.07 Å². The summed E-state index contributed by atoms with van der Waals surface area (Å²) in [6.45, 7) is 7.92. The molecule has 0 fully saturated rings. The van der Waals surface area contributed by atoms with Gasteiger partial charge in [-0.25, -0.2) is 0 Å². The molecule has 0 saturated carbocycles. The highest BCUT2D eigenvalue weighted by Gasteiger charge is 2.11. The predicted octanol–water partition coefficient (Wildman–Crippen LogP) is 4.01. The molecule has 0 aliphatic rings. The second-order valence-corrected chi connectivity index (χ2v) is 10.5. The minimum Gasteiger partial charge on any atom is -0.501 e. The van der Waals surface area contributed by atoms with Gasteiger partial charge in [0.2, 0.25) is 0 Å². The van der Waals surface area contributed by atoms with Crippen LogP contribution in [0.4, 0.5) is 0 Å². The van der Waals surface area contributed by atoms with Crippen LogP contribution in [0.25, 0.3) is 6.08 Å². The zero-order valence-electron chi connectivity index (χ0n) is 9.86. The van der Waals surface area contributed by atoms with Gasteiger partial charge >= 0.3 is 0 Å². The van der Waals surface area contributed by atoms with Gasteiger partial charge in [0.05, 0.1) is 12.9 Å². The van der Waals surface area contributed by atoms with Crippen molar-refractivity contribution in [1.29, 1.82) is 0 Å². The Balaban J connectivity index is 2.24. The average molecular weight is 220 g/mol. The van der Waals surface area contributed by atoms with E-state index in [0.29, 0.717) is 0 Å². The first-order chi connectivity index (χ1) is 7.08. The first-order valence-corrected chi connectivity index (χ1v) is 9.12. The molecule has 2 heteroatoms. The molecule has 1 aromatic carbocycles. The highest BCUT2D eigenvalue weighted by molar-refractivity contribution is 6.76. The monoisotopic (exact) mass is 220 g/mol. The fraction of sp³-hybridized carbons (Fsp3) is 0.385. The largest absolute Gasteiger partial charge is 0.501 e. The zero-order valence-corrected chi connectivity index (χ0v) is 10.9. The van der Waals surface area contributed by atoms with Crippen LogP contribution in [-0.4, -0.2) is 14.7 Å². The van der Waals surface area contributed by atoms with Gasteiger partial charge in [-0.15, -0.1) is 0 Å². The average Bonchev–Trinajstić information content (AvgIpc) is 2.17. The van der Waals surface area contributed by atoms with E-state index in [1.54, 1.807) is 6.26 Å². The zero-order chi connectivity index (χ0) is 11.1. The standard InChI is InChI=1S/C13H20OSi/c1-15(2,3)12-11-14-10-9-13-7-5-4-6-8-13/h4-10H,11-12H2,1-3H3/b10-9-. The number of rotatable bonds is 5. The summed E-state index contributed by atoms with van der Waals surface area (Å²) in [6, 6.07) is 11.4. The van der Waals surface area contributed by atoms with Crippen molar-refractivity contribution < 1.29 is 4.74 Å². The molecule has 82 valence electrons. The van der Waals surface area contributed by atoms with Gasteiger partial charge in [0.15, 0.2) is 0 Å². The lowest BCUT2D eigenvalue weighted by Crippen LogP contribution is -2.20. The van der Waals surface area contributed by atoms with E-state index in [0.717, 1.165) is 6.61 Å². The van der Waals surface area contributed by atoms with Crippen molar-refractivity contribution in [2.24, 2.45) is 0 Å². The molecule has 1 rings (SSSR count). The van der Waals surface area contributed by atoms with E-state index in [-0.39, 0.29) is 0 Å². The van der Waals surface area contributed by atoms with Crippen LogP contribution in [-0.2, 0) is 4.74 Å². The van der Waals surface area contributed by atoms with Gasteiger partial charge in [-0.05, 0) is 17.7 Å². The second kappa shape index (κ2) is 5.76. The Hall–Kier alpha value is -1.02. The van der Waals surface area contributed by atoms with Crippen molar-refractivity contribution in [3.8, 4) is 0 Å². The van der Waals surface area contributed by atoms with Crippen LogP contribution in [0.1, 0.15) is 5.56 Å². The lowest BCUT2D eigenvalue weighted by Gasteiger charge is -2.14. The molecular formula is C13H20OSi. The quantitative estimate of drug-likeness (QED) is 0.414. The Morgan fingerprint density at radius 2 is 1.80 bits per heavy atom. The highest BCUT2D eigenvalue weighted by Crippen LogP contribution is 2.08. The van der Waals surface area contributed by atoms with Crippen LogP contribution in [0, 0.1) is 0 Å². The topological polar surface area (TPSA) is 9.23 Å². The fourth-order valence-corrected chi connectivity index (χ4v) is 1.85. The number of ether oxygens (including phenoxy) is 1. The lowest BCUT2D eigenvalue weighted by atomic mass is 10.2. The summed E-state index contributed by atoms with van der Waals surface area (Å²) in [4.78, 5) is 0. The van der Waals surface area contributed by atoms with E-state index in [1.807, 2.05) is 24.3 Å². The van der Waals surface area contributed by atoms with Crippen LogP contribution in [0.3, 0.4) is 0 Å². The molecule has 0 atom stereocenters. The third kappa shape index (κ3) is 6.13. The first kappa shape index (κ1) is 12.0. The maximum absolute atomic E-state index is 5.47. The van der Waals surface area contributed by atoms with Crippen molar-refractivity contribution in [1.82, 2.24) is 0 Å². The number of hydrogen-bond acceptors (Lipinski definition) is 1. The van der Waals surface area contributed by atoms with Crippen molar-refractivity contribution in [2.75, 3.05) is 6.61 Å². The van der Waals surface area contributed by atoms with Gasteiger partial charge in [0.1, 0.15) is 0 Å². The molecule has 0 aliphatic carbocycles. The summed E-state index contributed by atoms with van der Waals surface area (Å²) < 4.78 is 5.47. The maximum Gasteiger partial charge on any atom is 0.0849 e. The van der Waals surface area contributed by atoms with Crippen LogP contribution in [0.5, 0.6) is 0 Å². The Bertz CT molecular complexity index is 298. The SMILES string of the molecule is C[Si](C)(C)CCO/C=C\c1ccccc1. The Labute approximate surface area is 93.8 Å². The van der Waals surface area contributed by atoms with Crippen LogP contribution >= 0.6 is 0 Å². The molecule has 0 bridgehead atoms. The second-order valence-electron chi connectivity index (χ2n) is 4.89. The van der Waals surface area contributed by atoms with E-state index in [1.165, 1.54) is 11.6 Å². The molecule has 0 amide bonds. The fourth-order valence-electron chi connectivity index (χ4n) is 1.12. The summed E-state index contributed by atoms with van der Waals surface area (Å²) in [7, 11) is -0.945. The van der Waals surface area contributed by atoms with Crippen molar-refractivity contribution in [2.45, 2.75) is 25.7 Å². The Morgan fingerprint density at radius 1 is 1.13 bits per heavy atom. The molecule has 0 saturated heterocycles. The van der Waals surface area contributed by atoms with Crippen LogP contribution in [0.15, 0.2) is 36.6 Å². The van der Waals surface area contributed by atoms with E-state index in [9.17, 15) is 0 Å². The minimum atomic E-state index is -0.945. The van der Waals surface area contributed by atoms with Crippen LogP contribution < -0.4 is 0 Å². The summed E-state index contributed by atoms with van der Waals surface area (Å²) in [5.74, 6) is 0. The Morgan fingerprint density at radius 3 is 2.40 bits per heavy atom. The molecule has 0 aliphatic heterocycles. The first-order valence-electron chi connectivity index (χ1n) is 5.41. The lowest BCUT2D eigenvalue weighted by molar-refractivity contribution is 0.270. The maximum atomic E-state index is 5.47. The molecule has 1 aromatic rings. The molecule has 15 heavy (non-hydrogen) atoms. The predicted molar refractivity (Wildman–Crippen MR) is 69.6 cm³/mol. The van der Waals surface area contributed by atoms with Gasteiger partial charge in [0, 0.05) is 8.07 Å². The third-order valence-electron chi connectivity index (χ3n) is 2.13. The van der Waals surface area contributed by atoms with Crippen molar-refractivity contribution >= 4 is 14.1 Å². The number of benzene rings is 1. The molecule has 0 spiro atoms. The van der Waals surface area contributed by atoms with E-state index >= 15 is 0 Å². The highest BCUT2D eigenvalue weighted by atomic mass is 28.3. The summed E-state index contributed by atoms with van der Waals surface area (Å²) >= 11 is 0. The molecule has 0 aromatic heterocycles. The molecule has 0 radical (unpaired) electrons. The summed E-state index contributed by atoms with van der Waals surface area (Å²) in [5.41, 5.74) is 1.19. The minimum absolute atomic E-state index is 0.846. The molecule has 0 N–H and O–H groups in total. The van der Waals surface area contributed by atoms with E-state index in [2.05, 4.69) is 31.8 Å². The molecule has 0 heterocycles. The van der Waals surface area contributed by atoms with Gasteiger partial charge < -0.3 is 4.74 Å². The van der Waals surface area contributed by atoms with Gasteiger partial charge in [0.25, 0.3) is 0 Å². The third-order valence-corrected chi connectivity index (χ3v) is 3.83. The molecule has 1 nitrogen and oxygen atoms in total. The molecule has 0 unspecified atom stereocenters. The van der Waals surface area contributed by atoms with E-state index in [4.69, 9.17) is 4.74 Å². The van der Waals surface area contributed by atoms with Crippen molar-refractivity contribution in [3.05, 3.63) is 42.2 Å². The van der Waals surface area contributed by atoms with Gasteiger partial charge in [-0.1, -0.05) is 50.0 Å².